The number of hydrogen-bond acceptors (Lipinski definition) is 4. The van der Waals surface area contributed by atoms with Gasteiger partial charge in [0.05, 0.1) is 17.6 Å². The Morgan fingerprint density at radius 2 is 2.08 bits per heavy atom. The highest BCUT2D eigenvalue weighted by Crippen LogP contribution is 2.19. The molecule has 6 nitrogen and oxygen atoms in total. The summed E-state index contributed by atoms with van der Waals surface area (Å²) in [5.41, 5.74) is 2.57. The predicted molar refractivity (Wildman–Crippen MR) is 96.7 cm³/mol. The molecule has 0 saturated carbocycles. The van der Waals surface area contributed by atoms with Crippen molar-refractivity contribution in [2.45, 2.75) is 26.5 Å². The van der Waals surface area contributed by atoms with Gasteiger partial charge in [-0.2, -0.15) is 0 Å². The average Bonchev–Trinajstić information content (AvgIpc) is 2.88. The van der Waals surface area contributed by atoms with Crippen molar-refractivity contribution in [3.63, 3.8) is 0 Å². The maximum atomic E-state index is 11.1. The van der Waals surface area contributed by atoms with Crippen LogP contribution in [-0.2, 0) is 11.3 Å². The van der Waals surface area contributed by atoms with E-state index >= 15 is 0 Å². The molecule has 0 aliphatic rings. The van der Waals surface area contributed by atoms with Crippen molar-refractivity contribution in [2.24, 2.45) is 0 Å². The van der Waals surface area contributed by atoms with Crippen molar-refractivity contribution in [2.75, 3.05) is 11.9 Å². The summed E-state index contributed by atoms with van der Waals surface area (Å²) >= 11 is 0. The van der Waals surface area contributed by atoms with Gasteiger partial charge in [0, 0.05) is 18.7 Å². The van der Waals surface area contributed by atoms with Crippen LogP contribution in [0.2, 0.25) is 0 Å². The molecule has 0 aliphatic carbocycles. The molecule has 1 aromatic heterocycles. The highest BCUT2D eigenvalue weighted by molar-refractivity contribution is 5.88. The predicted octanol–water partition coefficient (Wildman–Crippen LogP) is 2.74. The average molecular weight is 339 g/mol. The van der Waals surface area contributed by atoms with E-state index in [1.807, 2.05) is 35.8 Å². The zero-order valence-electron chi connectivity index (χ0n) is 14.3. The first-order chi connectivity index (χ1) is 12.0. The summed E-state index contributed by atoms with van der Waals surface area (Å²) in [6, 6.07) is 14.9. The number of aliphatic hydroxyl groups is 1. The Hall–Kier alpha value is -2.86. The number of carbonyl (C=O) groups is 1. The summed E-state index contributed by atoms with van der Waals surface area (Å²) in [4.78, 5) is 15.6. The van der Waals surface area contributed by atoms with Gasteiger partial charge in [-0.15, -0.1) is 0 Å². The van der Waals surface area contributed by atoms with Crippen molar-refractivity contribution in [3.8, 4) is 5.75 Å². The number of rotatable bonds is 6. The molecule has 0 radical (unpaired) electrons. The number of aliphatic hydroxyl groups excluding tert-OH is 1. The highest BCUT2D eigenvalue weighted by atomic mass is 16.5. The minimum atomic E-state index is -0.680. The lowest BCUT2D eigenvalue weighted by atomic mass is 10.3. The molecule has 3 rings (SSSR count). The molecule has 3 aromatic rings. The first kappa shape index (κ1) is 17.0. The second-order valence-electron chi connectivity index (χ2n) is 5.93. The van der Waals surface area contributed by atoms with Crippen molar-refractivity contribution in [1.29, 1.82) is 0 Å². The fourth-order valence-electron chi connectivity index (χ4n) is 2.75. The first-order valence-electron chi connectivity index (χ1n) is 8.13. The van der Waals surface area contributed by atoms with Gasteiger partial charge in [0.25, 0.3) is 0 Å². The number of nitrogens with zero attached hydrogens (tertiary/aromatic N) is 2. The number of imidazole rings is 1. The molecule has 1 heterocycles. The van der Waals surface area contributed by atoms with Gasteiger partial charge >= 0.3 is 0 Å². The minimum absolute atomic E-state index is 0.139. The lowest BCUT2D eigenvalue weighted by Crippen LogP contribution is -2.24. The van der Waals surface area contributed by atoms with E-state index in [9.17, 15) is 9.90 Å². The van der Waals surface area contributed by atoms with E-state index in [1.165, 1.54) is 6.92 Å². The number of aryl methyl sites for hydroxylation is 1. The van der Waals surface area contributed by atoms with Crippen LogP contribution in [-0.4, -0.2) is 33.3 Å². The van der Waals surface area contributed by atoms with Crippen LogP contribution in [0.1, 0.15) is 12.7 Å². The van der Waals surface area contributed by atoms with E-state index < -0.39 is 6.10 Å². The molecule has 2 N–H and O–H groups in total. The third kappa shape index (κ3) is 4.16. The Labute approximate surface area is 146 Å². The van der Waals surface area contributed by atoms with Crippen LogP contribution in [0.4, 0.5) is 5.69 Å². The molecular formula is C19H21N3O3. The van der Waals surface area contributed by atoms with E-state index in [0.717, 1.165) is 16.9 Å². The fraction of sp³-hybridized carbons (Fsp3) is 0.263. The SMILES string of the molecule is CC(=O)Nc1cccc(OC[C@@H](O)Cn2c(C)nc3ccccc32)c1. The zero-order chi connectivity index (χ0) is 17.8. The monoisotopic (exact) mass is 339 g/mol. The van der Waals surface area contributed by atoms with Gasteiger partial charge in [-0.05, 0) is 31.2 Å². The molecule has 25 heavy (non-hydrogen) atoms. The molecule has 0 unspecified atom stereocenters. The summed E-state index contributed by atoms with van der Waals surface area (Å²) < 4.78 is 7.64. The Morgan fingerprint density at radius 1 is 1.28 bits per heavy atom. The second-order valence-corrected chi connectivity index (χ2v) is 5.93. The molecule has 0 aliphatic heterocycles. The second kappa shape index (κ2) is 7.36. The van der Waals surface area contributed by atoms with Gasteiger partial charge in [-0.1, -0.05) is 18.2 Å². The zero-order valence-corrected chi connectivity index (χ0v) is 14.3. The van der Waals surface area contributed by atoms with Gasteiger partial charge in [0.2, 0.25) is 5.91 Å². The Balaban J connectivity index is 1.64. The van der Waals surface area contributed by atoms with Crippen molar-refractivity contribution in [1.82, 2.24) is 9.55 Å². The van der Waals surface area contributed by atoms with Gasteiger partial charge in [-0.25, -0.2) is 4.98 Å². The topological polar surface area (TPSA) is 76.4 Å². The summed E-state index contributed by atoms with van der Waals surface area (Å²) in [7, 11) is 0. The number of ether oxygens (including phenoxy) is 1. The van der Waals surface area contributed by atoms with Crippen LogP contribution in [0.5, 0.6) is 5.75 Å². The standard InChI is InChI=1S/C19H21N3O3/c1-13-20-18-8-3-4-9-19(18)22(13)11-16(24)12-25-17-7-5-6-15(10-17)21-14(2)23/h3-10,16,24H,11-12H2,1-2H3,(H,21,23)/t16-/m0/s1. The molecule has 0 fully saturated rings. The van der Waals surface area contributed by atoms with E-state index in [-0.39, 0.29) is 12.5 Å². The third-order valence-corrected chi connectivity index (χ3v) is 3.84. The number of anilines is 1. The molecule has 0 spiro atoms. The number of para-hydroxylation sites is 2. The maximum absolute atomic E-state index is 11.1. The number of fused-ring (bicyclic) bond motifs is 1. The third-order valence-electron chi connectivity index (χ3n) is 3.84. The largest absolute Gasteiger partial charge is 0.491 e. The van der Waals surface area contributed by atoms with Crippen molar-refractivity contribution in [3.05, 3.63) is 54.4 Å². The molecule has 1 amide bonds. The molecule has 0 bridgehead atoms. The summed E-state index contributed by atoms with van der Waals surface area (Å²) in [6.07, 6.45) is -0.680. The minimum Gasteiger partial charge on any atom is -0.491 e. The number of nitrogens with one attached hydrogen (secondary N) is 1. The molecule has 2 aromatic carbocycles. The van der Waals surface area contributed by atoms with Gasteiger partial charge in [-0.3, -0.25) is 4.79 Å². The number of amides is 1. The van der Waals surface area contributed by atoms with E-state index in [2.05, 4.69) is 10.3 Å². The van der Waals surface area contributed by atoms with E-state index in [1.54, 1.807) is 24.3 Å². The summed E-state index contributed by atoms with van der Waals surface area (Å²) in [5.74, 6) is 1.31. The van der Waals surface area contributed by atoms with Crippen LogP contribution in [0.3, 0.4) is 0 Å². The van der Waals surface area contributed by atoms with Crippen LogP contribution in [0.25, 0.3) is 11.0 Å². The normalized spacial score (nSPS) is 12.1. The Kier molecular flexibility index (Phi) is 5.00. The molecule has 1 atom stereocenters. The smallest absolute Gasteiger partial charge is 0.221 e. The summed E-state index contributed by atoms with van der Waals surface area (Å²) in [5, 5.41) is 13.0. The number of hydrogen-bond donors (Lipinski definition) is 2. The van der Waals surface area contributed by atoms with Crippen LogP contribution in [0, 0.1) is 6.92 Å². The lowest BCUT2D eigenvalue weighted by Gasteiger charge is -2.15. The van der Waals surface area contributed by atoms with Crippen molar-refractivity contribution < 1.29 is 14.6 Å². The number of aromatic nitrogens is 2. The van der Waals surface area contributed by atoms with E-state index in [0.29, 0.717) is 18.0 Å². The number of carbonyl (C=O) groups excluding carboxylic acids is 1. The van der Waals surface area contributed by atoms with Crippen LogP contribution >= 0.6 is 0 Å². The maximum Gasteiger partial charge on any atom is 0.221 e. The van der Waals surface area contributed by atoms with Crippen LogP contribution < -0.4 is 10.1 Å². The first-order valence-corrected chi connectivity index (χ1v) is 8.13. The van der Waals surface area contributed by atoms with Gasteiger partial charge in [0.15, 0.2) is 0 Å². The van der Waals surface area contributed by atoms with E-state index in [4.69, 9.17) is 4.74 Å². The summed E-state index contributed by atoms with van der Waals surface area (Å²) in [6.45, 7) is 3.92. The fourth-order valence-corrected chi connectivity index (χ4v) is 2.75. The molecule has 6 heteroatoms. The Bertz CT molecular complexity index is 889. The molecular weight excluding hydrogens is 318 g/mol. The highest BCUT2D eigenvalue weighted by Gasteiger charge is 2.12. The van der Waals surface area contributed by atoms with Crippen molar-refractivity contribution >= 4 is 22.6 Å². The Morgan fingerprint density at radius 3 is 2.88 bits per heavy atom. The van der Waals surface area contributed by atoms with Gasteiger partial charge < -0.3 is 19.7 Å². The van der Waals surface area contributed by atoms with Crippen LogP contribution in [0.15, 0.2) is 48.5 Å². The lowest BCUT2D eigenvalue weighted by molar-refractivity contribution is -0.114. The molecule has 130 valence electrons. The molecule has 0 saturated heterocycles. The quantitative estimate of drug-likeness (QED) is 0.724. The van der Waals surface area contributed by atoms with Gasteiger partial charge in [0.1, 0.15) is 24.3 Å². The number of benzene rings is 2.